The number of aromatic hydroxyl groups is 1. The van der Waals surface area contributed by atoms with Gasteiger partial charge in [0.05, 0.1) is 11.7 Å². The maximum absolute atomic E-state index is 9.62. The molecule has 0 saturated carbocycles. The topological polar surface area (TPSA) is 90.6 Å². The molecular weight excluding hydrogens is 352 g/mol. The molecule has 6 nitrogen and oxygen atoms in total. The van der Waals surface area contributed by atoms with E-state index in [1.165, 1.54) is 0 Å². The molecule has 0 aliphatic rings. The number of pyridine rings is 2. The van der Waals surface area contributed by atoms with Crippen LogP contribution >= 0.6 is 11.6 Å². The van der Waals surface area contributed by atoms with Crippen molar-refractivity contribution in [1.82, 2.24) is 9.97 Å². The van der Waals surface area contributed by atoms with Crippen LogP contribution in [-0.2, 0) is 6.42 Å². The average molecular weight is 371 g/mol. The van der Waals surface area contributed by atoms with Gasteiger partial charge in [-0.05, 0) is 55.7 Å². The van der Waals surface area contributed by atoms with E-state index >= 15 is 0 Å². The van der Waals surface area contributed by atoms with Crippen molar-refractivity contribution in [2.24, 2.45) is 5.16 Å². The number of aryl methyl sites for hydroxylation is 1. The molecule has 0 spiro atoms. The van der Waals surface area contributed by atoms with Crippen molar-refractivity contribution in [2.75, 3.05) is 11.9 Å². The lowest BCUT2D eigenvalue weighted by Gasteiger charge is -2.09. The number of fused-ring (bicyclic) bond motifs is 1. The molecule has 0 aliphatic heterocycles. The number of hydrogen-bond donors (Lipinski definition) is 3. The molecule has 0 aliphatic carbocycles. The van der Waals surface area contributed by atoms with Crippen molar-refractivity contribution in [2.45, 2.75) is 19.3 Å². The lowest BCUT2D eigenvalue weighted by molar-refractivity contribution is 0.321. The Morgan fingerprint density at radius 3 is 2.88 bits per heavy atom. The average Bonchev–Trinajstić information content (AvgIpc) is 2.64. The van der Waals surface area contributed by atoms with Crippen LogP contribution in [0.2, 0.25) is 5.02 Å². The van der Waals surface area contributed by atoms with Crippen molar-refractivity contribution in [1.29, 1.82) is 0 Å². The van der Waals surface area contributed by atoms with Crippen LogP contribution in [0.4, 0.5) is 5.69 Å². The first-order valence-electron chi connectivity index (χ1n) is 8.32. The second kappa shape index (κ2) is 8.49. The van der Waals surface area contributed by atoms with Gasteiger partial charge in [-0.1, -0.05) is 16.8 Å². The van der Waals surface area contributed by atoms with E-state index in [0.29, 0.717) is 5.02 Å². The Morgan fingerprint density at radius 2 is 2.04 bits per heavy atom. The molecule has 0 atom stereocenters. The molecule has 0 saturated heterocycles. The molecule has 0 unspecified atom stereocenters. The van der Waals surface area contributed by atoms with Crippen LogP contribution in [0, 0.1) is 0 Å². The summed E-state index contributed by atoms with van der Waals surface area (Å²) in [6.45, 7) is 0.824. The summed E-state index contributed by atoms with van der Waals surface area (Å²) in [5, 5.41) is 26.3. The van der Waals surface area contributed by atoms with Crippen LogP contribution < -0.4 is 5.32 Å². The molecule has 0 bridgehead atoms. The molecule has 2 aromatic heterocycles. The Hall–Kier alpha value is -2.86. The lowest BCUT2D eigenvalue weighted by atomic mass is 10.1. The minimum atomic E-state index is -0.00196. The number of nitrogens with zero attached hydrogens (tertiary/aromatic N) is 3. The Morgan fingerprint density at radius 1 is 1.15 bits per heavy atom. The van der Waals surface area contributed by atoms with Gasteiger partial charge in [0.25, 0.3) is 0 Å². The van der Waals surface area contributed by atoms with E-state index in [1.54, 1.807) is 18.3 Å². The van der Waals surface area contributed by atoms with E-state index in [0.717, 1.165) is 54.3 Å². The minimum absolute atomic E-state index is 0.00196. The van der Waals surface area contributed by atoms with Gasteiger partial charge in [0, 0.05) is 34.5 Å². The van der Waals surface area contributed by atoms with Gasteiger partial charge in [0.1, 0.15) is 11.4 Å². The van der Waals surface area contributed by atoms with Gasteiger partial charge in [-0.2, -0.15) is 0 Å². The van der Waals surface area contributed by atoms with Gasteiger partial charge in [-0.15, -0.1) is 0 Å². The molecule has 2 heterocycles. The van der Waals surface area contributed by atoms with Crippen LogP contribution in [-0.4, -0.2) is 33.0 Å². The van der Waals surface area contributed by atoms with Crippen LogP contribution in [0.15, 0.2) is 47.8 Å². The predicted octanol–water partition coefficient (Wildman–Crippen LogP) is 4.23. The Balaban J connectivity index is 1.53. The fourth-order valence-electron chi connectivity index (χ4n) is 2.73. The SMILES string of the molecule is O/N=C/c1nc(CCCCNc2ccnc3cc(Cl)ccc23)ccc1O. The summed E-state index contributed by atoms with van der Waals surface area (Å²) in [5.74, 6) is -0.00196. The van der Waals surface area contributed by atoms with Gasteiger partial charge in [-0.3, -0.25) is 4.98 Å². The van der Waals surface area contributed by atoms with Crippen molar-refractivity contribution in [3.05, 3.63) is 59.0 Å². The molecule has 3 rings (SSSR count). The molecule has 0 radical (unpaired) electrons. The summed E-state index contributed by atoms with van der Waals surface area (Å²) in [4.78, 5) is 8.60. The number of benzene rings is 1. The minimum Gasteiger partial charge on any atom is -0.506 e. The molecular formula is C19H19ClN4O2. The maximum Gasteiger partial charge on any atom is 0.142 e. The quantitative estimate of drug-likeness (QED) is 0.250. The van der Waals surface area contributed by atoms with E-state index < -0.39 is 0 Å². The van der Waals surface area contributed by atoms with Crippen molar-refractivity contribution >= 4 is 34.4 Å². The number of oxime groups is 1. The van der Waals surface area contributed by atoms with Gasteiger partial charge in [0.2, 0.25) is 0 Å². The molecule has 134 valence electrons. The maximum atomic E-state index is 9.62. The first-order chi connectivity index (χ1) is 12.7. The zero-order valence-electron chi connectivity index (χ0n) is 14.1. The summed E-state index contributed by atoms with van der Waals surface area (Å²) in [6.07, 6.45) is 5.58. The summed E-state index contributed by atoms with van der Waals surface area (Å²) in [6, 6.07) is 11.0. The molecule has 3 N–H and O–H groups in total. The Kier molecular flexibility index (Phi) is 5.86. The summed E-state index contributed by atoms with van der Waals surface area (Å²) in [5.41, 5.74) is 3.02. The van der Waals surface area contributed by atoms with Crippen LogP contribution in [0.25, 0.3) is 10.9 Å². The molecule has 0 amide bonds. The van der Waals surface area contributed by atoms with Gasteiger partial charge in [-0.25, -0.2) is 4.98 Å². The smallest absolute Gasteiger partial charge is 0.142 e. The van der Waals surface area contributed by atoms with E-state index in [2.05, 4.69) is 20.4 Å². The summed E-state index contributed by atoms with van der Waals surface area (Å²) >= 11 is 6.01. The molecule has 0 fully saturated rings. The van der Waals surface area contributed by atoms with E-state index in [-0.39, 0.29) is 11.4 Å². The largest absolute Gasteiger partial charge is 0.506 e. The Bertz CT molecular complexity index is 931. The summed E-state index contributed by atoms with van der Waals surface area (Å²) < 4.78 is 0. The first-order valence-corrected chi connectivity index (χ1v) is 8.69. The monoisotopic (exact) mass is 370 g/mol. The normalized spacial score (nSPS) is 11.3. The van der Waals surface area contributed by atoms with Crippen molar-refractivity contribution in [3.63, 3.8) is 0 Å². The van der Waals surface area contributed by atoms with Gasteiger partial charge < -0.3 is 15.6 Å². The number of anilines is 1. The molecule has 26 heavy (non-hydrogen) atoms. The van der Waals surface area contributed by atoms with Gasteiger partial charge >= 0.3 is 0 Å². The van der Waals surface area contributed by atoms with Gasteiger partial charge in [0.15, 0.2) is 0 Å². The number of nitrogens with one attached hydrogen (secondary N) is 1. The fraction of sp³-hybridized carbons (Fsp3) is 0.211. The second-order valence-corrected chi connectivity index (χ2v) is 6.29. The van der Waals surface area contributed by atoms with Crippen LogP contribution in [0.1, 0.15) is 24.2 Å². The molecule has 7 heteroatoms. The highest BCUT2D eigenvalue weighted by Crippen LogP contribution is 2.24. The standard InChI is InChI=1S/C19H19ClN4O2/c20-13-4-6-15-16(8-10-22-17(15)11-13)21-9-2-1-3-14-5-7-19(25)18(24-14)12-23-26/h4-8,10-12,25-26H,1-3,9H2,(H,21,22)/b23-12+. The number of unbranched alkanes of at least 4 members (excludes halogenated alkanes) is 1. The fourth-order valence-corrected chi connectivity index (χ4v) is 2.89. The predicted molar refractivity (Wildman–Crippen MR) is 103 cm³/mol. The number of rotatable bonds is 7. The van der Waals surface area contributed by atoms with E-state index in [1.807, 2.05) is 24.3 Å². The highest BCUT2D eigenvalue weighted by molar-refractivity contribution is 6.31. The third-order valence-corrected chi connectivity index (χ3v) is 4.26. The van der Waals surface area contributed by atoms with E-state index in [4.69, 9.17) is 16.8 Å². The zero-order valence-corrected chi connectivity index (χ0v) is 14.8. The molecule has 1 aromatic carbocycles. The van der Waals surface area contributed by atoms with E-state index in [9.17, 15) is 5.11 Å². The third kappa shape index (κ3) is 4.40. The first kappa shape index (κ1) is 17.9. The Labute approximate surface area is 156 Å². The number of hydrogen-bond acceptors (Lipinski definition) is 6. The molecule has 3 aromatic rings. The third-order valence-electron chi connectivity index (χ3n) is 4.02. The lowest BCUT2D eigenvalue weighted by Crippen LogP contribution is -2.03. The number of aromatic nitrogens is 2. The van der Waals surface area contributed by atoms with Crippen LogP contribution in [0.5, 0.6) is 5.75 Å². The second-order valence-electron chi connectivity index (χ2n) is 5.86. The highest BCUT2D eigenvalue weighted by Gasteiger charge is 2.04. The summed E-state index contributed by atoms with van der Waals surface area (Å²) in [7, 11) is 0. The highest BCUT2D eigenvalue weighted by atomic mass is 35.5. The van der Waals surface area contributed by atoms with Crippen molar-refractivity contribution in [3.8, 4) is 5.75 Å². The van der Waals surface area contributed by atoms with Crippen molar-refractivity contribution < 1.29 is 10.3 Å². The zero-order chi connectivity index (χ0) is 18.4. The van der Waals surface area contributed by atoms with Crippen LogP contribution in [0.3, 0.4) is 0 Å². The number of halogens is 1.